The molecule has 1 saturated carbocycles. The summed E-state index contributed by atoms with van der Waals surface area (Å²) in [5.74, 6) is 3.17. The SMILES string of the molecule is C=C(N(C)C(C)(C)C)C1(N(C)C)CC1.C=C1CN(C)CCN1C(C)(C)C.C=C1CN(C)CCN1C(C)(C)C.C=C1COCCN1C(C)(C)C.C=C1CSCCN1C(C)(C)C.C=C1OCCN1C(C)(C)C. The zero-order chi connectivity index (χ0) is 54.6. The molecule has 6 aliphatic rings. The van der Waals surface area contributed by atoms with Crippen molar-refractivity contribution in [2.75, 3.05) is 125 Å². The largest absolute Gasteiger partial charge is 0.478 e. The average Bonchev–Trinajstić information content (AvgIpc) is 3.89. The van der Waals surface area contributed by atoms with Crippen molar-refractivity contribution in [2.45, 2.75) is 176 Å². The second kappa shape index (κ2) is 26.4. The molecule has 6 fully saturated rings. The molecule has 0 radical (unpaired) electrons. The molecule has 0 aromatic carbocycles. The fourth-order valence-corrected chi connectivity index (χ4v) is 10.1. The molecule has 0 bridgehead atoms. The summed E-state index contributed by atoms with van der Waals surface area (Å²) in [5, 5.41) is 0. The van der Waals surface area contributed by atoms with Gasteiger partial charge in [-0.1, -0.05) is 32.9 Å². The third-order valence-corrected chi connectivity index (χ3v) is 14.8. The van der Waals surface area contributed by atoms with E-state index in [-0.39, 0.29) is 38.8 Å². The molecule has 0 atom stereocenters. The van der Waals surface area contributed by atoms with E-state index in [0.717, 1.165) is 89.4 Å². The van der Waals surface area contributed by atoms with Crippen LogP contribution in [0.25, 0.3) is 0 Å². The van der Waals surface area contributed by atoms with Gasteiger partial charge in [0.15, 0.2) is 5.88 Å². The summed E-state index contributed by atoms with van der Waals surface area (Å²) in [7, 11) is 10.7. The number of morpholine rings is 1. The van der Waals surface area contributed by atoms with Crippen LogP contribution in [0.1, 0.15) is 137 Å². The van der Waals surface area contributed by atoms with Crippen LogP contribution in [0.3, 0.4) is 0 Å². The summed E-state index contributed by atoms with van der Waals surface area (Å²) < 4.78 is 10.5. The van der Waals surface area contributed by atoms with Crippen LogP contribution in [0.15, 0.2) is 73.8 Å². The quantitative estimate of drug-likeness (QED) is 0.271. The van der Waals surface area contributed by atoms with Crippen LogP contribution in [0.2, 0.25) is 0 Å². The zero-order valence-electron chi connectivity index (χ0n) is 50.3. The van der Waals surface area contributed by atoms with Crippen molar-refractivity contribution >= 4 is 11.8 Å². The number of hydrogen-bond donors (Lipinski definition) is 0. The maximum absolute atomic E-state index is 5.27. The molecule has 0 unspecified atom stereocenters. The summed E-state index contributed by atoms with van der Waals surface area (Å²) in [6.45, 7) is 76.2. The topological polar surface area (TPSA) is 47.6 Å². The van der Waals surface area contributed by atoms with Gasteiger partial charge in [0.2, 0.25) is 0 Å². The lowest BCUT2D eigenvalue weighted by Gasteiger charge is -2.44. The first-order chi connectivity index (χ1) is 31.6. The van der Waals surface area contributed by atoms with Gasteiger partial charge in [-0.15, -0.1) is 0 Å². The molecule has 0 aromatic heterocycles. The van der Waals surface area contributed by atoms with E-state index in [2.05, 4.69) is 243 Å². The van der Waals surface area contributed by atoms with Crippen LogP contribution in [0, 0.1) is 0 Å². The number of nitrogens with zero attached hydrogens (tertiary/aromatic N) is 9. The van der Waals surface area contributed by atoms with Gasteiger partial charge in [0.05, 0.1) is 25.3 Å². The minimum Gasteiger partial charge on any atom is -0.478 e. The van der Waals surface area contributed by atoms with Crippen LogP contribution < -0.4 is 0 Å². The average molecular weight is 1000 g/mol. The highest BCUT2D eigenvalue weighted by molar-refractivity contribution is 7.99. The number of hydrogen-bond acceptors (Lipinski definition) is 12. The first-order valence-corrected chi connectivity index (χ1v) is 27.3. The molecule has 5 saturated heterocycles. The molecule has 12 heteroatoms. The van der Waals surface area contributed by atoms with Gasteiger partial charge in [0, 0.05) is 133 Å². The first kappa shape index (κ1) is 65.2. The van der Waals surface area contributed by atoms with Gasteiger partial charge >= 0.3 is 0 Å². The highest BCUT2D eigenvalue weighted by atomic mass is 32.2. The van der Waals surface area contributed by atoms with Crippen molar-refractivity contribution in [3.8, 4) is 0 Å². The Bertz CT molecular complexity index is 1610. The lowest BCUT2D eigenvalue weighted by molar-refractivity contribution is 0.0345. The third kappa shape index (κ3) is 21.4. The lowest BCUT2D eigenvalue weighted by atomic mass is 10.0. The molecule has 11 nitrogen and oxygen atoms in total. The normalized spacial score (nSPS) is 20.6. The number of piperazine rings is 2. The fraction of sp³-hybridized carbons (Fsp3) is 0.793. The molecule has 0 spiro atoms. The van der Waals surface area contributed by atoms with E-state index >= 15 is 0 Å². The lowest BCUT2D eigenvalue weighted by Crippen LogP contribution is -2.50. The Hall–Kier alpha value is -2.77. The number of ether oxygens (including phenoxy) is 2. The van der Waals surface area contributed by atoms with Crippen molar-refractivity contribution < 1.29 is 9.47 Å². The summed E-state index contributed by atoms with van der Waals surface area (Å²) in [6, 6.07) is 0. The number of likely N-dealkylation sites (N-methyl/N-ethyl adjacent to an activating group) is 4. The summed E-state index contributed by atoms with van der Waals surface area (Å²) in [6.07, 6.45) is 2.50. The second-order valence-corrected chi connectivity index (χ2v) is 27.4. The van der Waals surface area contributed by atoms with Gasteiger partial charge in [0.25, 0.3) is 0 Å². The standard InChI is InChI=1S/C12H24N2.2C10H20N2.C9H17NO.C9H17NS.C8H15NO/c1-10(14(7)11(2,3)4)12(8-9-12)13(5)6;2*1-9-8-11(5)6-7-12(9)10(2,3)4;2*1-8-7-11-6-5-10(8)9(2,3)4;1-7-9(5-6-10-7)8(2,3)4/h1,8-9H2,2-7H3;2*1,6-8H2,2-5H3;2*1,5-7H2,2-4H3;1,5-6H2,2-4H3. The molecule has 0 N–H and O–H groups in total. The van der Waals surface area contributed by atoms with Crippen LogP contribution in [-0.4, -0.2) is 208 Å². The maximum Gasteiger partial charge on any atom is 0.182 e. The molecular weight excluding hydrogens is 887 g/mol. The van der Waals surface area contributed by atoms with Gasteiger partial charge in [-0.3, -0.25) is 14.7 Å². The van der Waals surface area contributed by atoms with Crippen molar-refractivity contribution in [1.82, 2.24) is 44.1 Å². The predicted molar refractivity (Wildman–Crippen MR) is 309 cm³/mol. The van der Waals surface area contributed by atoms with Gasteiger partial charge in [-0.05, 0) is 172 Å². The Balaban J connectivity index is 0.000000421. The Morgan fingerprint density at radius 2 is 0.900 bits per heavy atom. The summed E-state index contributed by atoms with van der Waals surface area (Å²) in [4.78, 5) is 20.9. The van der Waals surface area contributed by atoms with Crippen molar-refractivity contribution in [3.63, 3.8) is 0 Å². The Morgan fingerprint density at radius 3 is 1.16 bits per heavy atom. The summed E-state index contributed by atoms with van der Waals surface area (Å²) >= 11 is 1.98. The molecule has 408 valence electrons. The Morgan fingerprint density at radius 1 is 0.514 bits per heavy atom. The van der Waals surface area contributed by atoms with Crippen molar-refractivity contribution in [3.05, 3.63) is 73.8 Å². The van der Waals surface area contributed by atoms with Gasteiger partial charge < -0.3 is 38.9 Å². The molecular formula is C58H113N9O2S. The Labute approximate surface area is 439 Å². The van der Waals surface area contributed by atoms with E-state index < -0.39 is 0 Å². The van der Waals surface area contributed by atoms with E-state index in [4.69, 9.17) is 9.47 Å². The highest BCUT2D eigenvalue weighted by Crippen LogP contribution is 2.47. The monoisotopic (exact) mass is 1000 g/mol. The van der Waals surface area contributed by atoms with E-state index in [9.17, 15) is 0 Å². The van der Waals surface area contributed by atoms with E-state index in [1.54, 1.807) is 0 Å². The van der Waals surface area contributed by atoms with Crippen LogP contribution in [-0.2, 0) is 9.47 Å². The number of rotatable bonds is 3. The molecule has 6 rings (SSSR count). The van der Waals surface area contributed by atoms with Crippen LogP contribution in [0.4, 0.5) is 0 Å². The van der Waals surface area contributed by atoms with Crippen molar-refractivity contribution in [1.29, 1.82) is 0 Å². The first-order valence-electron chi connectivity index (χ1n) is 26.1. The zero-order valence-corrected chi connectivity index (χ0v) is 51.1. The van der Waals surface area contributed by atoms with Crippen LogP contribution >= 0.6 is 11.8 Å². The van der Waals surface area contributed by atoms with Gasteiger partial charge in [-0.25, -0.2) is 0 Å². The third-order valence-electron chi connectivity index (χ3n) is 13.8. The minimum atomic E-state index is 0.160. The fourth-order valence-electron chi connectivity index (χ4n) is 9.21. The summed E-state index contributed by atoms with van der Waals surface area (Å²) in [5.41, 5.74) is 7.65. The highest BCUT2D eigenvalue weighted by Gasteiger charge is 2.49. The van der Waals surface area contributed by atoms with Gasteiger partial charge in [-0.2, -0.15) is 11.8 Å². The molecule has 0 amide bonds. The minimum absolute atomic E-state index is 0.160. The maximum atomic E-state index is 5.27. The smallest absolute Gasteiger partial charge is 0.182 e. The Kier molecular flexibility index (Phi) is 24.6. The van der Waals surface area contributed by atoms with E-state index in [1.807, 2.05) is 11.8 Å². The predicted octanol–water partition coefficient (Wildman–Crippen LogP) is 11.0. The van der Waals surface area contributed by atoms with E-state index in [1.165, 1.54) is 41.4 Å². The van der Waals surface area contributed by atoms with E-state index in [0.29, 0.717) is 6.61 Å². The number of thioether (sulfide) groups is 1. The molecule has 5 aliphatic heterocycles. The second-order valence-electron chi connectivity index (χ2n) is 26.3. The van der Waals surface area contributed by atoms with Crippen LogP contribution in [0.5, 0.6) is 0 Å². The molecule has 1 aliphatic carbocycles. The molecule has 5 heterocycles. The molecule has 70 heavy (non-hydrogen) atoms. The molecule has 0 aromatic rings. The van der Waals surface area contributed by atoms with Gasteiger partial charge in [0.1, 0.15) is 6.61 Å². The van der Waals surface area contributed by atoms with Crippen molar-refractivity contribution in [2.24, 2.45) is 0 Å².